The number of likely N-dealkylation sites (N-methyl/N-ethyl adjacent to an activating group) is 1. The zero-order valence-electron chi connectivity index (χ0n) is 16.1. The summed E-state index contributed by atoms with van der Waals surface area (Å²) in [7, 11) is 3.65. The fourth-order valence-electron chi connectivity index (χ4n) is 3.28. The third-order valence-corrected chi connectivity index (χ3v) is 5.01. The standard InChI is InChI=1S/C19H26N6O2/c1-14-17(11-21-24(14)3)22-18(26)13-25-9-8-23(2)19(27)15(12-25)10-16-6-4-5-7-20-16/h4-7,11,15H,8-10,12-13H2,1-3H3,(H,22,26)/t15-/m0/s1. The van der Waals surface area contributed by atoms with Gasteiger partial charge < -0.3 is 10.2 Å². The lowest BCUT2D eigenvalue weighted by atomic mass is 10.0. The van der Waals surface area contributed by atoms with Crippen molar-refractivity contribution in [1.29, 1.82) is 0 Å². The Hall–Kier alpha value is -2.74. The van der Waals surface area contributed by atoms with Gasteiger partial charge in [-0.25, -0.2) is 0 Å². The van der Waals surface area contributed by atoms with Crippen molar-refractivity contribution in [2.75, 3.05) is 38.5 Å². The minimum absolute atomic E-state index is 0.0975. The van der Waals surface area contributed by atoms with E-state index in [0.29, 0.717) is 26.1 Å². The highest BCUT2D eigenvalue weighted by molar-refractivity contribution is 5.92. The first-order valence-corrected chi connectivity index (χ1v) is 9.09. The maximum absolute atomic E-state index is 12.7. The van der Waals surface area contributed by atoms with E-state index in [4.69, 9.17) is 0 Å². The van der Waals surface area contributed by atoms with Gasteiger partial charge in [-0.05, 0) is 19.1 Å². The Kier molecular flexibility index (Phi) is 5.85. The second-order valence-electron chi connectivity index (χ2n) is 7.03. The minimum Gasteiger partial charge on any atom is -0.344 e. The van der Waals surface area contributed by atoms with Gasteiger partial charge in [-0.1, -0.05) is 6.07 Å². The predicted molar refractivity (Wildman–Crippen MR) is 102 cm³/mol. The first-order chi connectivity index (χ1) is 12.9. The molecule has 0 spiro atoms. The number of hydrogen-bond acceptors (Lipinski definition) is 5. The molecule has 1 atom stereocenters. The van der Waals surface area contributed by atoms with Gasteiger partial charge in [0.25, 0.3) is 0 Å². The van der Waals surface area contributed by atoms with Crippen molar-refractivity contribution < 1.29 is 9.59 Å². The molecule has 0 aromatic carbocycles. The van der Waals surface area contributed by atoms with Gasteiger partial charge in [0, 0.05) is 52.0 Å². The summed E-state index contributed by atoms with van der Waals surface area (Å²) in [6.45, 7) is 3.97. The molecule has 8 heteroatoms. The summed E-state index contributed by atoms with van der Waals surface area (Å²) in [5, 5.41) is 7.05. The number of carbonyl (C=O) groups excluding carboxylic acids is 2. The molecule has 2 amide bonds. The molecule has 3 rings (SSSR count). The highest BCUT2D eigenvalue weighted by atomic mass is 16.2. The molecular formula is C19H26N6O2. The summed E-state index contributed by atoms with van der Waals surface area (Å²) in [4.78, 5) is 33.3. The van der Waals surface area contributed by atoms with Crippen molar-refractivity contribution in [1.82, 2.24) is 24.6 Å². The van der Waals surface area contributed by atoms with Crippen molar-refractivity contribution in [3.8, 4) is 0 Å². The zero-order valence-corrected chi connectivity index (χ0v) is 16.1. The van der Waals surface area contributed by atoms with E-state index in [9.17, 15) is 9.59 Å². The van der Waals surface area contributed by atoms with Gasteiger partial charge >= 0.3 is 0 Å². The van der Waals surface area contributed by atoms with Gasteiger partial charge in [0.05, 0.1) is 30.0 Å². The number of anilines is 1. The van der Waals surface area contributed by atoms with Crippen LogP contribution in [-0.4, -0.2) is 69.6 Å². The highest BCUT2D eigenvalue weighted by Crippen LogP contribution is 2.16. The van der Waals surface area contributed by atoms with E-state index in [1.807, 2.05) is 44.1 Å². The van der Waals surface area contributed by atoms with Crippen molar-refractivity contribution in [3.05, 3.63) is 42.0 Å². The van der Waals surface area contributed by atoms with Crippen LogP contribution >= 0.6 is 0 Å². The molecule has 27 heavy (non-hydrogen) atoms. The average Bonchev–Trinajstić information content (AvgIpc) is 2.90. The van der Waals surface area contributed by atoms with Crippen molar-refractivity contribution in [2.24, 2.45) is 13.0 Å². The van der Waals surface area contributed by atoms with Crippen LogP contribution < -0.4 is 5.32 Å². The Morgan fingerprint density at radius 1 is 1.30 bits per heavy atom. The molecule has 0 bridgehead atoms. The number of carbonyl (C=O) groups is 2. The predicted octanol–water partition coefficient (Wildman–Crippen LogP) is 0.695. The monoisotopic (exact) mass is 370 g/mol. The van der Waals surface area contributed by atoms with Crippen LogP contribution in [0.25, 0.3) is 0 Å². The number of amides is 2. The number of nitrogens with zero attached hydrogens (tertiary/aromatic N) is 5. The van der Waals surface area contributed by atoms with E-state index in [1.54, 1.807) is 22.0 Å². The lowest BCUT2D eigenvalue weighted by Crippen LogP contribution is -2.38. The first kappa shape index (κ1) is 19.0. The van der Waals surface area contributed by atoms with Gasteiger partial charge in [-0.2, -0.15) is 5.10 Å². The molecule has 1 saturated heterocycles. The summed E-state index contributed by atoms with van der Waals surface area (Å²) >= 11 is 0. The summed E-state index contributed by atoms with van der Waals surface area (Å²) in [6, 6.07) is 5.72. The molecule has 2 aromatic heterocycles. The van der Waals surface area contributed by atoms with E-state index in [0.717, 1.165) is 17.1 Å². The Morgan fingerprint density at radius 2 is 2.11 bits per heavy atom. The summed E-state index contributed by atoms with van der Waals surface area (Å²) < 4.78 is 1.72. The molecule has 1 aliphatic heterocycles. The maximum Gasteiger partial charge on any atom is 0.238 e. The first-order valence-electron chi connectivity index (χ1n) is 9.09. The second-order valence-corrected chi connectivity index (χ2v) is 7.03. The number of aromatic nitrogens is 3. The number of pyridine rings is 1. The lowest BCUT2D eigenvalue weighted by molar-refractivity contribution is -0.133. The van der Waals surface area contributed by atoms with Crippen molar-refractivity contribution >= 4 is 17.5 Å². The molecular weight excluding hydrogens is 344 g/mol. The van der Waals surface area contributed by atoms with Crippen LogP contribution in [0.15, 0.2) is 30.6 Å². The van der Waals surface area contributed by atoms with Gasteiger partial charge in [-0.15, -0.1) is 0 Å². The number of rotatable bonds is 5. The molecule has 0 aliphatic carbocycles. The average molecular weight is 370 g/mol. The van der Waals surface area contributed by atoms with E-state index in [2.05, 4.69) is 15.4 Å². The van der Waals surface area contributed by atoms with Crippen molar-refractivity contribution in [3.63, 3.8) is 0 Å². The summed E-state index contributed by atoms with van der Waals surface area (Å²) in [5.41, 5.74) is 2.51. The van der Waals surface area contributed by atoms with Crippen LogP contribution in [0.1, 0.15) is 11.4 Å². The molecule has 0 radical (unpaired) electrons. The fourth-order valence-corrected chi connectivity index (χ4v) is 3.28. The van der Waals surface area contributed by atoms with E-state index in [1.165, 1.54) is 0 Å². The molecule has 1 fully saturated rings. The smallest absolute Gasteiger partial charge is 0.238 e. The van der Waals surface area contributed by atoms with Gasteiger partial charge in [0.1, 0.15) is 0 Å². The largest absolute Gasteiger partial charge is 0.344 e. The van der Waals surface area contributed by atoms with Gasteiger partial charge in [0.2, 0.25) is 11.8 Å². The highest BCUT2D eigenvalue weighted by Gasteiger charge is 2.29. The van der Waals surface area contributed by atoms with E-state index >= 15 is 0 Å². The summed E-state index contributed by atoms with van der Waals surface area (Å²) in [6.07, 6.45) is 3.96. The molecule has 8 nitrogen and oxygen atoms in total. The third kappa shape index (κ3) is 4.71. The lowest BCUT2D eigenvalue weighted by Gasteiger charge is -2.22. The Bertz CT molecular complexity index is 804. The number of hydrogen-bond donors (Lipinski definition) is 1. The van der Waals surface area contributed by atoms with Crippen LogP contribution in [0.4, 0.5) is 5.69 Å². The molecule has 0 saturated carbocycles. The molecule has 1 N–H and O–H groups in total. The van der Waals surface area contributed by atoms with Crippen LogP contribution in [0, 0.1) is 12.8 Å². The third-order valence-electron chi connectivity index (χ3n) is 5.01. The zero-order chi connectivity index (χ0) is 19.4. The second kappa shape index (κ2) is 8.30. The number of nitrogens with one attached hydrogen (secondary N) is 1. The van der Waals surface area contributed by atoms with Crippen LogP contribution in [0.5, 0.6) is 0 Å². The molecule has 0 unspecified atom stereocenters. The van der Waals surface area contributed by atoms with Gasteiger partial charge in [-0.3, -0.25) is 24.2 Å². The quantitative estimate of drug-likeness (QED) is 0.837. The Morgan fingerprint density at radius 3 is 2.78 bits per heavy atom. The SMILES string of the molecule is Cc1c(NC(=O)CN2CCN(C)C(=O)[C@@H](Cc3ccccn3)C2)cnn1C. The normalized spacial score (nSPS) is 18.4. The Labute approximate surface area is 159 Å². The van der Waals surface area contributed by atoms with E-state index < -0.39 is 0 Å². The maximum atomic E-state index is 12.7. The van der Waals surface area contributed by atoms with Crippen LogP contribution in [-0.2, 0) is 23.1 Å². The Balaban J connectivity index is 1.65. The topological polar surface area (TPSA) is 83.4 Å². The molecule has 1 aliphatic rings. The summed E-state index contributed by atoms with van der Waals surface area (Å²) in [5.74, 6) is -0.202. The van der Waals surface area contributed by atoms with Crippen LogP contribution in [0.3, 0.4) is 0 Å². The molecule has 144 valence electrons. The molecule has 2 aromatic rings. The van der Waals surface area contributed by atoms with E-state index in [-0.39, 0.29) is 24.3 Å². The number of aryl methyl sites for hydroxylation is 1. The van der Waals surface area contributed by atoms with Gasteiger partial charge in [0.15, 0.2) is 0 Å². The molecule has 3 heterocycles. The van der Waals surface area contributed by atoms with Crippen molar-refractivity contribution in [2.45, 2.75) is 13.3 Å². The minimum atomic E-state index is -0.208. The fraction of sp³-hybridized carbons (Fsp3) is 0.474. The van der Waals surface area contributed by atoms with Crippen LogP contribution in [0.2, 0.25) is 0 Å².